The van der Waals surface area contributed by atoms with Gasteiger partial charge in [0.05, 0.1) is 6.20 Å². The maximum Gasteiger partial charge on any atom is 0.0534 e. The number of aliphatic hydroxyl groups is 1. The van der Waals surface area contributed by atoms with Gasteiger partial charge in [-0.3, -0.25) is 4.68 Å². The molecule has 4 nitrogen and oxygen atoms in total. The number of aliphatic hydroxyl groups excluding tert-OH is 1. The van der Waals surface area contributed by atoms with Crippen molar-refractivity contribution in [3.8, 4) is 0 Å². The van der Waals surface area contributed by atoms with E-state index in [-0.39, 0.29) is 6.61 Å². The van der Waals surface area contributed by atoms with Gasteiger partial charge in [-0.25, -0.2) is 0 Å². The van der Waals surface area contributed by atoms with Gasteiger partial charge in [0.15, 0.2) is 0 Å². The highest BCUT2D eigenvalue weighted by Crippen LogP contribution is 1.95. The Morgan fingerprint density at radius 2 is 2.38 bits per heavy atom. The maximum atomic E-state index is 8.54. The molecule has 0 aromatic carbocycles. The van der Waals surface area contributed by atoms with E-state index < -0.39 is 0 Å². The molecule has 0 saturated heterocycles. The van der Waals surface area contributed by atoms with Crippen LogP contribution in [0.15, 0.2) is 12.4 Å². The Balaban J connectivity index is 2.06. The minimum Gasteiger partial charge on any atom is -0.396 e. The molecule has 0 saturated carbocycles. The lowest BCUT2D eigenvalue weighted by Crippen LogP contribution is -2.14. The molecule has 1 aromatic heterocycles. The van der Waals surface area contributed by atoms with Crippen LogP contribution in [0.25, 0.3) is 0 Å². The van der Waals surface area contributed by atoms with Crippen LogP contribution in [0, 0.1) is 0 Å². The van der Waals surface area contributed by atoms with Gasteiger partial charge in [-0.2, -0.15) is 5.10 Å². The molecule has 0 aliphatic rings. The molecular weight excluding hydrogens is 166 g/mol. The predicted octanol–water partition coefficient (Wildman–Crippen LogP) is 0.282. The van der Waals surface area contributed by atoms with Crippen molar-refractivity contribution in [3.63, 3.8) is 0 Å². The third-order valence-corrected chi connectivity index (χ3v) is 1.85. The number of nitrogens with one attached hydrogen (secondary N) is 1. The minimum atomic E-state index is 0.286. The minimum absolute atomic E-state index is 0.286. The van der Waals surface area contributed by atoms with E-state index in [4.69, 9.17) is 5.11 Å². The van der Waals surface area contributed by atoms with E-state index in [0.29, 0.717) is 0 Å². The van der Waals surface area contributed by atoms with Crippen LogP contribution in [-0.4, -0.2) is 28.0 Å². The van der Waals surface area contributed by atoms with Gasteiger partial charge in [0.1, 0.15) is 0 Å². The summed E-state index contributed by atoms with van der Waals surface area (Å²) >= 11 is 0. The summed E-state index contributed by atoms with van der Waals surface area (Å²) in [6.07, 6.45) is 5.76. The molecule has 0 fully saturated rings. The van der Waals surface area contributed by atoms with E-state index in [1.165, 1.54) is 5.56 Å². The molecule has 0 radical (unpaired) electrons. The second-order valence-electron chi connectivity index (χ2n) is 3.13. The smallest absolute Gasteiger partial charge is 0.0534 e. The highest BCUT2D eigenvalue weighted by molar-refractivity contribution is 5.02. The summed E-state index contributed by atoms with van der Waals surface area (Å²) in [5.41, 5.74) is 1.20. The van der Waals surface area contributed by atoms with Crippen molar-refractivity contribution < 1.29 is 5.11 Å². The van der Waals surface area contributed by atoms with Crippen LogP contribution in [0.2, 0.25) is 0 Å². The van der Waals surface area contributed by atoms with Crippen molar-refractivity contribution in [2.45, 2.75) is 19.4 Å². The summed E-state index contributed by atoms with van der Waals surface area (Å²) in [5.74, 6) is 0. The van der Waals surface area contributed by atoms with Crippen LogP contribution >= 0.6 is 0 Å². The molecule has 1 heterocycles. The third-order valence-electron chi connectivity index (χ3n) is 1.85. The number of aromatic nitrogens is 2. The average Bonchev–Trinajstić information content (AvgIpc) is 2.51. The second kappa shape index (κ2) is 5.72. The Morgan fingerprint density at radius 1 is 1.54 bits per heavy atom. The fourth-order valence-corrected chi connectivity index (χ4v) is 1.16. The van der Waals surface area contributed by atoms with Crippen molar-refractivity contribution in [1.82, 2.24) is 15.1 Å². The van der Waals surface area contributed by atoms with E-state index >= 15 is 0 Å². The van der Waals surface area contributed by atoms with Crippen LogP contribution in [0.1, 0.15) is 18.4 Å². The van der Waals surface area contributed by atoms with Crippen LogP contribution < -0.4 is 5.32 Å². The first kappa shape index (κ1) is 10.2. The van der Waals surface area contributed by atoms with E-state index in [0.717, 1.165) is 25.9 Å². The van der Waals surface area contributed by atoms with Gasteiger partial charge >= 0.3 is 0 Å². The number of hydrogen-bond donors (Lipinski definition) is 2. The van der Waals surface area contributed by atoms with Gasteiger partial charge in [0.2, 0.25) is 0 Å². The van der Waals surface area contributed by atoms with E-state index in [9.17, 15) is 0 Å². The molecule has 0 amide bonds. The third kappa shape index (κ3) is 4.05. The number of hydrogen-bond acceptors (Lipinski definition) is 3. The fourth-order valence-electron chi connectivity index (χ4n) is 1.16. The molecule has 1 aromatic rings. The second-order valence-corrected chi connectivity index (χ2v) is 3.13. The average molecular weight is 183 g/mol. The lowest BCUT2D eigenvalue weighted by molar-refractivity contribution is 0.283. The Kier molecular flexibility index (Phi) is 4.49. The quantitative estimate of drug-likeness (QED) is 0.623. The van der Waals surface area contributed by atoms with Crippen molar-refractivity contribution in [2.24, 2.45) is 7.05 Å². The molecule has 2 N–H and O–H groups in total. The summed E-state index contributed by atoms with van der Waals surface area (Å²) in [4.78, 5) is 0. The summed E-state index contributed by atoms with van der Waals surface area (Å²) in [5, 5.41) is 15.9. The summed E-state index contributed by atoms with van der Waals surface area (Å²) < 4.78 is 1.80. The molecule has 13 heavy (non-hydrogen) atoms. The number of aryl methyl sites for hydroxylation is 1. The zero-order valence-corrected chi connectivity index (χ0v) is 8.03. The SMILES string of the molecule is Cn1cc(CNCCCCO)cn1. The molecule has 1 rings (SSSR count). The molecule has 74 valence electrons. The molecule has 4 heteroatoms. The fraction of sp³-hybridized carbons (Fsp3) is 0.667. The number of unbranched alkanes of at least 4 members (excludes halogenated alkanes) is 1. The Bertz CT molecular complexity index is 235. The van der Waals surface area contributed by atoms with Crippen molar-refractivity contribution >= 4 is 0 Å². The zero-order chi connectivity index (χ0) is 9.52. The Labute approximate surface area is 78.6 Å². The van der Waals surface area contributed by atoms with Crippen LogP contribution in [-0.2, 0) is 13.6 Å². The Morgan fingerprint density at radius 3 is 3.00 bits per heavy atom. The first-order chi connectivity index (χ1) is 6.33. The van der Waals surface area contributed by atoms with Gasteiger partial charge in [0.25, 0.3) is 0 Å². The van der Waals surface area contributed by atoms with Crippen molar-refractivity contribution in [3.05, 3.63) is 18.0 Å². The summed E-state index contributed by atoms with van der Waals surface area (Å²) in [6.45, 7) is 2.10. The molecule has 0 spiro atoms. The highest BCUT2D eigenvalue weighted by Gasteiger charge is 1.94. The molecule has 0 bridgehead atoms. The van der Waals surface area contributed by atoms with Gasteiger partial charge in [0, 0.05) is 32.0 Å². The molecule has 0 atom stereocenters. The molecule has 0 unspecified atom stereocenters. The first-order valence-electron chi connectivity index (χ1n) is 4.62. The van der Waals surface area contributed by atoms with Crippen LogP contribution in [0.4, 0.5) is 0 Å². The summed E-state index contributed by atoms with van der Waals surface area (Å²) in [7, 11) is 1.91. The van der Waals surface area contributed by atoms with Gasteiger partial charge in [-0.15, -0.1) is 0 Å². The predicted molar refractivity (Wildman–Crippen MR) is 51.2 cm³/mol. The van der Waals surface area contributed by atoms with Gasteiger partial charge < -0.3 is 10.4 Å². The van der Waals surface area contributed by atoms with Crippen LogP contribution in [0.3, 0.4) is 0 Å². The topological polar surface area (TPSA) is 50.1 Å². The zero-order valence-electron chi connectivity index (χ0n) is 8.03. The summed E-state index contributed by atoms with van der Waals surface area (Å²) in [6, 6.07) is 0. The first-order valence-corrected chi connectivity index (χ1v) is 4.62. The highest BCUT2D eigenvalue weighted by atomic mass is 16.2. The molecule has 0 aliphatic heterocycles. The maximum absolute atomic E-state index is 8.54. The lowest BCUT2D eigenvalue weighted by Gasteiger charge is -2.00. The van der Waals surface area contributed by atoms with E-state index in [2.05, 4.69) is 10.4 Å². The monoisotopic (exact) mass is 183 g/mol. The molecule has 0 aliphatic carbocycles. The normalized spacial score (nSPS) is 10.6. The largest absolute Gasteiger partial charge is 0.396 e. The number of rotatable bonds is 6. The standard InChI is InChI=1S/C9H17N3O/c1-12-8-9(7-11-12)6-10-4-2-3-5-13/h7-8,10,13H,2-6H2,1H3. The lowest BCUT2D eigenvalue weighted by atomic mass is 10.3. The van der Waals surface area contributed by atoms with E-state index in [1.54, 1.807) is 4.68 Å². The molecular formula is C9H17N3O. The van der Waals surface area contributed by atoms with Crippen molar-refractivity contribution in [1.29, 1.82) is 0 Å². The van der Waals surface area contributed by atoms with Gasteiger partial charge in [-0.1, -0.05) is 0 Å². The van der Waals surface area contributed by atoms with Crippen molar-refractivity contribution in [2.75, 3.05) is 13.2 Å². The number of nitrogens with zero attached hydrogens (tertiary/aromatic N) is 2. The van der Waals surface area contributed by atoms with Crippen LogP contribution in [0.5, 0.6) is 0 Å². The van der Waals surface area contributed by atoms with Gasteiger partial charge in [-0.05, 0) is 19.4 Å². The van der Waals surface area contributed by atoms with E-state index in [1.807, 2.05) is 19.4 Å². The Hall–Kier alpha value is -0.870.